The van der Waals surface area contributed by atoms with Gasteiger partial charge >= 0.3 is 5.97 Å². The van der Waals surface area contributed by atoms with Gasteiger partial charge in [0.15, 0.2) is 0 Å². The van der Waals surface area contributed by atoms with Crippen molar-refractivity contribution in [2.24, 2.45) is 0 Å². The largest absolute Gasteiger partial charge is 0.481 e. The molecule has 7 nitrogen and oxygen atoms in total. The van der Waals surface area contributed by atoms with Crippen molar-refractivity contribution < 1.29 is 24.0 Å². The van der Waals surface area contributed by atoms with Crippen LogP contribution in [0.1, 0.15) is 35.5 Å². The Morgan fingerprint density at radius 3 is 2.70 bits per heavy atom. The number of aliphatic carboxylic acids is 1. The van der Waals surface area contributed by atoms with Gasteiger partial charge in [-0.1, -0.05) is 5.16 Å². The number of hydrogen-bond acceptors (Lipinski definition) is 5. The lowest BCUT2D eigenvalue weighted by Crippen LogP contribution is -2.44. The molecule has 0 aliphatic carbocycles. The first kappa shape index (κ1) is 14.5. The molecule has 7 heteroatoms. The number of rotatable bonds is 5. The number of aryl methyl sites for hydroxylation is 1. The summed E-state index contributed by atoms with van der Waals surface area (Å²) in [4.78, 5) is 24.7. The molecule has 1 saturated heterocycles. The molecule has 0 saturated carbocycles. The minimum Gasteiger partial charge on any atom is -0.481 e. The molecule has 20 heavy (non-hydrogen) atoms. The monoisotopic (exact) mass is 282 g/mol. The first-order chi connectivity index (χ1) is 9.58. The third-order valence-electron chi connectivity index (χ3n) is 3.30. The van der Waals surface area contributed by atoms with Crippen molar-refractivity contribution in [1.82, 2.24) is 10.1 Å². The Morgan fingerprint density at radius 2 is 2.15 bits per heavy atom. The van der Waals surface area contributed by atoms with Crippen LogP contribution in [0.5, 0.6) is 0 Å². The maximum absolute atomic E-state index is 12.4. The Bertz CT molecular complexity index is 479. The summed E-state index contributed by atoms with van der Waals surface area (Å²) < 4.78 is 10.3. The molecule has 110 valence electrons. The average molecular weight is 282 g/mol. The predicted molar refractivity (Wildman–Crippen MR) is 68.4 cm³/mol. The summed E-state index contributed by atoms with van der Waals surface area (Å²) in [5.41, 5.74) is 0.624. The fourth-order valence-corrected chi connectivity index (χ4v) is 2.27. The smallest absolute Gasteiger partial charge is 0.305 e. The van der Waals surface area contributed by atoms with Crippen LogP contribution < -0.4 is 0 Å². The van der Waals surface area contributed by atoms with Crippen molar-refractivity contribution in [3.05, 3.63) is 17.5 Å². The third-order valence-corrected chi connectivity index (χ3v) is 3.30. The zero-order chi connectivity index (χ0) is 14.5. The molecule has 0 bridgehead atoms. The lowest BCUT2D eigenvalue weighted by Gasteiger charge is -2.33. The predicted octanol–water partition coefficient (Wildman–Crippen LogP) is 1.08. The second kappa shape index (κ2) is 6.51. The summed E-state index contributed by atoms with van der Waals surface area (Å²) in [6, 6.07) is 1.55. The van der Waals surface area contributed by atoms with E-state index < -0.39 is 5.97 Å². The Labute approximate surface area is 116 Å². The summed E-state index contributed by atoms with van der Waals surface area (Å²) in [5.74, 6) is -1.08. The van der Waals surface area contributed by atoms with Gasteiger partial charge in [0.25, 0.3) is 5.91 Å². The lowest BCUT2D eigenvalue weighted by molar-refractivity contribution is -0.137. The molecule has 1 amide bonds. The Morgan fingerprint density at radius 1 is 1.45 bits per heavy atom. The number of ether oxygens (including phenoxy) is 1. The van der Waals surface area contributed by atoms with Crippen LogP contribution in [0.2, 0.25) is 0 Å². The van der Waals surface area contributed by atoms with Crippen molar-refractivity contribution in [1.29, 1.82) is 0 Å². The molecule has 2 rings (SSSR count). The average Bonchev–Trinajstić information content (AvgIpc) is 2.86. The Hall–Kier alpha value is -1.89. The number of hydrogen-bond donors (Lipinski definition) is 1. The van der Waals surface area contributed by atoms with E-state index in [4.69, 9.17) is 14.4 Å². The van der Waals surface area contributed by atoms with E-state index in [1.165, 1.54) is 0 Å². The second-order valence-electron chi connectivity index (χ2n) is 4.82. The minimum absolute atomic E-state index is 0.0130. The highest BCUT2D eigenvalue weighted by Gasteiger charge is 2.29. The number of carbonyl (C=O) groups is 2. The van der Waals surface area contributed by atoms with Gasteiger partial charge in [-0.15, -0.1) is 0 Å². The minimum atomic E-state index is -0.927. The van der Waals surface area contributed by atoms with Gasteiger partial charge in [-0.2, -0.15) is 0 Å². The number of aromatic nitrogens is 1. The van der Waals surface area contributed by atoms with E-state index >= 15 is 0 Å². The van der Waals surface area contributed by atoms with Gasteiger partial charge in [0.1, 0.15) is 0 Å². The number of amides is 1. The Kier molecular flexibility index (Phi) is 4.73. The summed E-state index contributed by atoms with van der Waals surface area (Å²) >= 11 is 0. The molecular formula is C13H18N2O5. The summed E-state index contributed by atoms with van der Waals surface area (Å²) in [7, 11) is 0. The molecule has 2 heterocycles. The van der Waals surface area contributed by atoms with Crippen LogP contribution in [0, 0.1) is 6.92 Å². The summed E-state index contributed by atoms with van der Waals surface area (Å²) in [6.45, 7) is 3.06. The number of carboxylic acid groups (broad SMARTS) is 1. The van der Waals surface area contributed by atoms with Crippen LogP contribution >= 0.6 is 0 Å². The van der Waals surface area contributed by atoms with Gasteiger partial charge in [-0.25, -0.2) is 0 Å². The molecule has 0 atom stereocenters. The zero-order valence-electron chi connectivity index (χ0n) is 11.4. The number of carboxylic acids is 1. The number of nitrogens with zero attached hydrogens (tertiary/aromatic N) is 2. The van der Waals surface area contributed by atoms with Crippen molar-refractivity contribution in [2.75, 3.05) is 19.8 Å². The van der Waals surface area contributed by atoms with Crippen LogP contribution in [0.15, 0.2) is 10.6 Å². The molecule has 1 fully saturated rings. The van der Waals surface area contributed by atoms with Gasteiger partial charge < -0.3 is 19.3 Å². The number of carbonyl (C=O) groups excluding carboxylic acids is 1. The quantitative estimate of drug-likeness (QED) is 0.868. The van der Waals surface area contributed by atoms with Crippen LogP contribution in [-0.2, 0) is 9.53 Å². The molecule has 1 aromatic heterocycles. The summed E-state index contributed by atoms with van der Waals surface area (Å²) in [5, 5.41) is 12.5. The maximum Gasteiger partial charge on any atom is 0.305 e. The zero-order valence-corrected chi connectivity index (χ0v) is 11.4. The third kappa shape index (κ3) is 3.57. The molecule has 1 aliphatic rings. The molecule has 1 N–H and O–H groups in total. The van der Waals surface area contributed by atoms with E-state index in [0.717, 1.165) is 0 Å². The fourth-order valence-electron chi connectivity index (χ4n) is 2.27. The van der Waals surface area contributed by atoms with Crippen molar-refractivity contribution >= 4 is 11.9 Å². The highest BCUT2D eigenvalue weighted by Crippen LogP contribution is 2.18. The van der Waals surface area contributed by atoms with Crippen LogP contribution in [0.3, 0.4) is 0 Å². The van der Waals surface area contributed by atoms with E-state index in [1.807, 2.05) is 0 Å². The maximum atomic E-state index is 12.4. The van der Waals surface area contributed by atoms with E-state index in [0.29, 0.717) is 31.7 Å². The Balaban J connectivity index is 2.11. The normalized spacial score (nSPS) is 16.1. The molecule has 0 unspecified atom stereocenters. The fraction of sp³-hybridized carbons (Fsp3) is 0.615. The SMILES string of the molecule is Cc1cc(C(=O)N(CCC(=O)O)C2CCOCC2)on1. The molecule has 0 aromatic carbocycles. The highest BCUT2D eigenvalue weighted by atomic mass is 16.5. The standard InChI is InChI=1S/C13H18N2O5/c1-9-8-11(20-14-9)13(18)15(5-2-12(16)17)10-3-6-19-7-4-10/h8,10H,2-7H2,1H3,(H,16,17). The highest BCUT2D eigenvalue weighted by molar-refractivity contribution is 5.92. The lowest BCUT2D eigenvalue weighted by atomic mass is 10.1. The molecule has 0 spiro atoms. The van der Waals surface area contributed by atoms with Gasteiger partial charge in [0.2, 0.25) is 5.76 Å². The molecular weight excluding hydrogens is 264 g/mol. The van der Waals surface area contributed by atoms with E-state index in [1.54, 1.807) is 17.9 Å². The van der Waals surface area contributed by atoms with Crippen molar-refractivity contribution in [2.45, 2.75) is 32.2 Å². The van der Waals surface area contributed by atoms with Crippen molar-refractivity contribution in [3.63, 3.8) is 0 Å². The second-order valence-corrected chi connectivity index (χ2v) is 4.82. The first-order valence-corrected chi connectivity index (χ1v) is 6.61. The van der Waals surface area contributed by atoms with Crippen molar-refractivity contribution in [3.8, 4) is 0 Å². The van der Waals surface area contributed by atoms with E-state index in [-0.39, 0.29) is 30.7 Å². The van der Waals surface area contributed by atoms with Gasteiger partial charge in [-0.05, 0) is 19.8 Å². The van der Waals surface area contributed by atoms with Gasteiger partial charge in [-0.3, -0.25) is 9.59 Å². The molecule has 1 aliphatic heterocycles. The first-order valence-electron chi connectivity index (χ1n) is 6.61. The van der Waals surface area contributed by atoms with E-state index in [9.17, 15) is 9.59 Å². The topological polar surface area (TPSA) is 92.9 Å². The molecule has 0 radical (unpaired) electrons. The van der Waals surface area contributed by atoms with Gasteiger partial charge in [0.05, 0.1) is 12.1 Å². The van der Waals surface area contributed by atoms with Crippen LogP contribution in [-0.4, -0.2) is 52.8 Å². The van der Waals surface area contributed by atoms with Gasteiger partial charge in [0, 0.05) is 31.9 Å². The van der Waals surface area contributed by atoms with Crippen LogP contribution in [0.25, 0.3) is 0 Å². The summed E-state index contributed by atoms with van der Waals surface area (Å²) in [6.07, 6.45) is 1.33. The molecule has 1 aromatic rings. The van der Waals surface area contributed by atoms with E-state index in [2.05, 4.69) is 5.16 Å². The van der Waals surface area contributed by atoms with Crippen LogP contribution in [0.4, 0.5) is 0 Å².